The van der Waals surface area contributed by atoms with Crippen LogP contribution in [0.2, 0.25) is 0 Å². The number of alkyl halides is 1. The van der Waals surface area contributed by atoms with E-state index >= 15 is 0 Å². The number of carbonyl (C=O) groups excluding carboxylic acids is 1. The highest BCUT2D eigenvalue weighted by molar-refractivity contribution is 9.10. The molecule has 0 saturated heterocycles. The fourth-order valence-corrected chi connectivity index (χ4v) is 4.76. The number of para-hydroxylation sites is 1. The van der Waals surface area contributed by atoms with E-state index in [4.69, 9.17) is 0 Å². The molecule has 31 heavy (non-hydrogen) atoms. The highest BCUT2D eigenvalue weighted by Crippen LogP contribution is 2.20. The van der Waals surface area contributed by atoms with Crippen molar-refractivity contribution in [2.75, 3.05) is 6.54 Å². The van der Waals surface area contributed by atoms with Crippen LogP contribution in [0.4, 0.5) is 4.39 Å². The van der Waals surface area contributed by atoms with Crippen LogP contribution in [0.3, 0.4) is 0 Å². The van der Waals surface area contributed by atoms with Gasteiger partial charge in [-0.3, -0.25) is 4.79 Å². The van der Waals surface area contributed by atoms with Crippen LogP contribution in [-0.4, -0.2) is 38.1 Å². The van der Waals surface area contributed by atoms with Crippen molar-refractivity contribution in [3.8, 4) is 0 Å². The molecule has 0 saturated carbocycles. The molecule has 1 aromatic heterocycles. The molecule has 3 N–H and O–H groups in total. The van der Waals surface area contributed by atoms with Gasteiger partial charge in [-0.05, 0) is 62.1 Å². The van der Waals surface area contributed by atoms with Gasteiger partial charge < -0.3 is 10.3 Å². The summed E-state index contributed by atoms with van der Waals surface area (Å²) >= 11 is 3.28. The maximum absolute atomic E-state index is 13.0. The monoisotopic (exact) mass is 509 g/mol. The first-order valence-electron chi connectivity index (χ1n) is 10.0. The average Bonchev–Trinajstić information content (AvgIpc) is 3.13. The van der Waals surface area contributed by atoms with Gasteiger partial charge in [0.2, 0.25) is 15.9 Å². The number of aromatic amines is 1. The lowest BCUT2D eigenvalue weighted by molar-refractivity contribution is -0.122. The van der Waals surface area contributed by atoms with E-state index in [1.165, 1.54) is 19.1 Å². The molecule has 1 heterocycles. The van der Waals surface area contributed by atoms with Gasteiger partial charge in [0.1, 0.15) is 6.04 Å². The standard InChI is InChI=1S/C22H25BrFN3O3S/c1-15(24)5-4-12-25-22(28)21(13-16-14-26-20-7-3-2-6-19(16)20)27-31(29,30)18-10-8-17(23)9-11-18/h2-3,6-11,14-15,21,26-27H,4-5,12-13H2,1H3,(H,25,28)/t15?,21-/m0/s1. The van der Waals surface area contributed by atoms with Crippen molar-refractivity contribution in [1.82, 2.24) is 15.0 Å². The number of fused-ring (bicyclic) bond motifs is 1. The van der Waals surface area contributed by atoms with Crippen molar-refractivity contribution in [3.05, 3.63) is 64.8 Å². The zero-order valence-electron chi connectivity index (χ0n) is 17.1. The first-order valence-corrected chi connectivity index (χ1v) is 12.3. The zero-order valence-corrected chi connectivity index (χ0v) is 19.5. The van der Waals surface area contributed by atoms with Gasteiger partial charge in [-0.15, -0.1) is 0 Å². The van der Waals surface area contributed by atoms with E-state index in [0.717, 1.165) is 20.9 Å². The van der Waals surface area contributed by atoms with Crippen LogP contribution >= 0.6 is 15.9 Å². The highest BCUT2D eigenvalue weighted by Gasteiger charge is 2.27. The molecular formula is C22H25BrFN3O3S. The third kappa shape index (κ3) is 6.38. The second-order valence-corrected chi connectivity index (χ2v) is 10.0. The number of rotatable bonds is 10. The lowest BCUT2D eigenvalue weighted by Crippen LogP contribution is -2.48. The van der Waals surface area contributed by atoms with Crippen LogP contribution in [0.25, 0.3) is 10.9 Å². The van der Waals surface area contributed by atoms with Crippen LogP contribution in [0.5, 0.6) is 0 Å². The smallest absolute Gasteiger partial charge is 0.241 e. The van der Waals surface area contributed by atoms with Gasteiger partial charge in [0.15, 0.2) is 0 Å². The number of aromatic nitrogens is 1. The summed E-state index contributed by atoms with van der Waals surface area (Å²) < 4.78 is 42.1. The van der Waals surface area contributed by atoms with Gasteiger partial charge >= 0.3 is 0 Å². The third-order valence-corrected chi connectivity index (χ3v) is 6.93. The van der Waals surface area contributed by atoms with E-state index < -0.39 is 28.1 Å². The molecule has 0 fully saturated rings. The Hall–Kier alpha value is -2.23. The predicted octanol–water partition coefficient (Wildman–Crippen LogP) is 4.07. The van der Waals surface area contributed by atoms with Crippen LogP contribution < -0.4 is 10.0 Å². The lowest BCUT2D eigenvalue weighted by Gasteiger charge is -2.19. The second kappa shape index (κ2) is 10.4. The second-order valence-electron chi connectivity index (χ2n) is 7.41. The number of hydrogen-bond acceptors (Lipinski definition) is 3. The molecule has 3 aromatic rings. The number of nitrogens with one attached hydrogen (secondary N) is 3. The Bertz CT molecular complexity index is 1130. The van der Waals surface area contributed by atoms with E-state index in [1.807, 2.05) is 24.3 Å². The minimum absolute atomic E-state index is 0.0682. The summed E-state index contributed by atoms with van der Waals surface area (Å²) in [6.07, 6.45) is 1.81. The van der Waals surface area contributed by atoms with Crippen LogP contribution in [-0.2, 0) is 21.2 Å². The summed E-state index contributed by atoms with van der Waals surface area (Å²) in [5.41, 5.74) is 1.73. The van der Waals surface area contributed by atoms with E-state index in [0.29, 0.717) is 12.8 Å². The lowest BCUT2D eigenvalue weighted by atomic mass is 10.0. The van der Waals surface area contributed by atoms with Crippen molar-refractivity contribution in [3.63, 3.8) is 0 Å². The number of amides is 1. The van der Waals surface area contributed by atoms with Crippen molar-refractivity contribution < 1.29 is 17.6 Å². The minimum atomic E-state index is -3.92. The van der Waals surface area contributed by atoms with Gasteiger partial charge in [0.25, 0.3) is 0 Å². The fourth-order valence-electron chi connectivity index (χ4n) is 3.30. The maximum Gasteiger partial charge on any atom is 0.241 e. The molecule has 2 aromatic carbocycles. The molecule has 6 nitrogen and oxygen atoms in total. The predicted molar refractivity (Wildman–Crippen MR) is 123 cm³/mol. The molecule has 0 bridgehead atoms. The molecule has 1 unspecified atom stereocenters. The minimum Gasteiger partial charge on any atom is -0.361 e. The third-order valence-electron chi connectivity index (χ3n) is 4.91. The Labute approximate surface area is 189 Å². The molecule has 1 amide bonds. The first-order chi connectivity index (χ1) is 14.8. The number of H-pyrrole nitrogens is 1. The van der Waals surface area contributed by atoms with E-state index in [1.54, 1.807) is 18.3 Å². The normalized spacial score (nSPS) is 13.8. The Morgan fingerprint density at radius 1 is 1.16 bits per heavy atom. The molecule has 0 radical (unpaired) electrons. The Morgan fingerprint density at radius 2 is 1.87 bits per heavy atom. The molecule has 3 rings (SSSR count). The molecule has 166 valence electrons. The molecule has 0 aliphatic heterocycles. The molecular weight excluding hydrogens is 485 g/mol. The van der Waals surface area contributed by atoms with Crippen molar-refractivity contribution in [2.24, 2.45) is 0 Å². The van der Waals surface area contributed by atoms with Gasteiger partial charge in [0, 0.05) is 28.1 Å². The average molecular weight is 510 g/mol. The summed E-state index contributed by atoms with van der Waals surface area (Å²) in [7, 11) is -3.92. The van der Waals surface area contributed by atoms with Crippen LogP contribution in [0.15, 0.2) is 64.1 Å². The quantitative estimate of drug-likeness (QED) is 0.359. The van der Waals surface area contributed by atoms with Crippen molar-refractivity contribution >= 4 is 42.8 Å². The maximum atomic E-state index is 13.0. The van der Waals surface area contributed by atoms with Crippen LogP contribution in [0, 0.1) is 0 Å². The van der Waals surface area contributed by atoms with Gasteiger partial charge in [-0.2, -0.15) is 4.72 Å². The van der Waals surface area contributed by atoms with Crippen molar-refractivity contribution in [2.45, 2.75) is 43.3 Å². The zero-order chi connectivity index (χ0) is 22.4. The molecule has 0 aliphatic carbocycles. The fraction of sp³-hybridized carbons (Fsp3) is 0.318. The Kier molecular flexibility index (Phi) is 7.85. The Balaban J connectivity index is 1.81. The summed E-state index contributed by atoms with van der Waals surface area (Å²) in [5, 5.41) is 3.66. The topological polar surface area (TPSA) is 91.1 Å². The number of sulfonamides is 1. The number of benzene rings is 2. The number of carbonyl (C=O) groups is 1. The summed E-state index contributed by atoms with van der Waals surface area (Å²) in [6, 6.07) is 12.8. The van der Waals surface area contributed by atoms with E-state index in [9.17, 15) is 17.6 Å². The van der Waals surface area contributed by atoms with Crippen LogP contribution in [0.1, 0.15) is 25.3 Å². The molecule has 9 heteroatoms. The molecule has 0 aliphatic rings. The summed E-state index contributed by atoms with van der Waals surface area (Å²) in [5.74, 6) is -0.447. The number of halogens is 2. The first kappa shape index (κ1) is 23.4. The van der Waals surface area contributed by atoms with E-state index in [-0.39, 0.29) is 17.9 Å². The SMILES string of the molecule is CC(F)CCCNC(=O)[C@H](Cc1c[nH]c2ccccc12)NS(=O)(=O)c1ccc(Br)cc1. The number of hydrogen-bond donors (Lipinski definition) is 3. The molecule has 2 atom stereocenters. The van der Waals surface area contributed by atoms with Gasteiger partial charge in [0.05, 0.1) is 11.1 Å². The largest absolute Gasteiger partial charge is 0.361 e. The van der Waals surface area contributed by atoms with Gasteiger partial charge in [-0.1, -0.05) is 34.1 Å². The Morgan fingerprint density at radius 3 is 2.58 bits per heavy atom. The van der Waals surface area contributed by atoms with Crippen molar-refractivity contribution in [1.29, 1.82) is 0 Å². The highest BCUT2D eigenvalue weighted by atomic mass is 79.9. The summed E-state index contributed by atoms with van der Waals surface area (Å²) in [6.45, 7) is 1.74. The summed E-state index contributed by atoms with van der Waals surface area (Å²) in [4.78, 5) is 16.1. The van der Waals surface area contributed by atoms with E-state index in [2.05, 4.69) is 31.0 Å². The molecule has 0 spiro atoms. The van der Waals surface area contributed by atoms with Gasteiger partial charge in [-0.25, -0.2) is 12.8 Å².